The normalized spacial score (nSPS) is 28.2. The van der Waals surface area contributed by atoms with Gasteiger partial charge in [-0.25, -0.2) is 0 Å². The number of hydrogen-bond acceptors (Lipinski definition) is 3. The Kier molecular flexibility index (Phi) is 5.40. The summed E-state index contributed by atoms with van der Waals surface area (Å²) in [7, 11) is 0. The number of ketones is 1. The molecule has 0 aromatic carbocycles. The molecule has 0 amide bonds. The number of carbonyl (C=O) groups excluding carboxylic acids is 1. The van der Waals surface area contributed by atoms with Crippen LogP contribution in [0, 0.1) is 5.92 Å². The molecule has 110 valence electrons. The van der Waals surface area contributed by atoms with Crippen LogP contribution < -0.4 is 0 Å². The molecule has 2 rings (SSSR count). The quantitative estimate of drug-likeness (QED) is 0.765. The molecule has 1 spiro atoms. The first-order valence-corrected chi connectivity index (χ1v) is 8.00. The van der Waals surface area contributed by atoms with Gasteiger partial charge < -0.3 is 9.47 Å². The van der Waals surface area contributed by atoms with E-state index in [1.54, 1.807) is 0 Å². The van der Waals surface area contributed by atoms with E-state index in [0.717, 1.165) is 38.7 Å². The van der Waals surface area contributed by atoms with Gasteiger partial charge >= 0.3 is 0 Å². The van der Waals surface area contributed by atoms with Gasteiger partial charge in [-0.2, -0.15) is 0 Å². The predicted octanol–water partition coefficient (Wildman–Crippen LogP) is 3.50. The molecule has 2 unspecified atom stereocenters. The van der Waals surface area contributed by atoms with E-state index in [2.05, 4.69) is 0 Å². The molecule has 19 heavy (non-hydrogen) atoms. The van der Waals surface area contributed by atoms with Crippen molar-refractivity contribution in [3.8, 4) is 0 Å². The van der Waals surface area contributed by atoms with E-state index >= 15 is 0 Å². The number of carbonyl (C=O) groups is 1. The Bertz CT molecular complexity index is 289. The molecule has 2 fully saturated rings. The van der Waals surface area contributed by atoms with Crippen molar-refractivity contribution >= 4 is 5.78 Å². The van der Waals surface area contributed by atoms with Crippen molar-refractivity contribution in [1.82, 2.24) is 0 Å². The molecule has 1 saturated carbocycles. The maximum atomic E-state index is 12.6. The summed E-state index contributed by atoms with van der Waals surface area (Å²) in [5.41, 5.74) is 0.0152. The molecular weight excluding hydrogens is 240 g/mol. The second kappa shape index (κ2) is 6.85. The molecule has 0 N–H and O–H groups in total. The van der Waals surface area contributed by atoms with E-state index in [1.807, 2.05) is 13.8 Å². The fourth-order valence-corrected chi connectivity index (χ4v) is 3.68. The van der Waals surface area contributed by atoms with Crippen LogP contribution in [0.25, 0.3) is 0 Å². The molecule has 0 radical (unpaired) electrons. The van der Waals surface area contributed by atoms with Gasteiger partial charge in [0.25, 0.3) is 0 Å². The minimum absolute atomic E-state index is 0.0152. The molecule has 3 nitrogen and oxygen atoms in total. The summed E-state index contributed by atoms with van der Waals surface area (Å²) in [5.74, 6) is 0.473. The highest BCUT2D eigenvalue weighted by Crippen LogP contribution is 2.41. The highest BCUT2D eigenvalue weighted by Gasteiger charge is 2.41. The van der Waals surface area contributed by atoms with Crippen LogP contribution in [0.1, 0.15) is 65.2 Å². The standard InChI is InChI=1S/C16H28O3/c1-3-14(18-4-2)15(17)13-8-11-19-16(12-13)9-6-5-7-10-16/h13-14H,3-12H2,1-2H3. The molecule has 1 aliphatic carbocycles. The van der Waals surface area contributed by atoms with Crippen molar-refractivity contribution in [3.05, 3.63) is 0 Å². The lowest BCUT2D eigenvalue weighted by molar-refractivity contribution is -0.151. The smallest absolute Gasteiger partial charge is 0.164 e. The molecule has 0 aromatic rings. The topological polar surface area (TPSA) is 35.5 Å². The minimum Gasteiger partial charge on any atom is -0.375 e. The summed E-state index contributed by atoms with van der Waals surface area (Å²) >= 11 is 0. The van der Waals surface area contributed by atoms with E-state index in [9.17, 15) is 4.79 Å². The van der Waals surface area contributed by atoms with Gasteiger partial charge in [-0.3, -0.25) is 4.79 Å². The maximum absolute atomic E-state index is 12.6. The number of Topliss-reactive ketones (excluding diaryl/α,β-unsaturated/α-hetero) is 1. The Balaban J connectivity index is 1.97. The highest BCUT2D eigenvalue weighted by atomic mass is 16.5. The fraction of sp³-hybridized carbons (Fsp3) is 0.938. The zero-order valence-corrected chi connectivity index (χ0v) is 12.5. The molecular formula is C16H28O3. The summed E-state index contributed by atoms with van der Waals surface area (Å²) < 4.78 is 11.7. The van der Waals surface area contributed by atoms with Gasteiger partial charge in [-0.1, -0.05) is 26.2 Å². The van der Waals surface area contributed by atoms with Gasteiger partial charge in [0.1, 0.15) is 6.10 Å². The van der Waals surface area contributed by atoms with E-state index in [-0.39, 0.29) is 17.6 Å². The largest absolute Gasteiger partial charge is 0.375 e. The van der Waals surface area contributed by atoms with Crippen LogP contribution in [0.2, 0.25) is 0 Å². The van der Waals surface area contributed by atoms with E-state index in [4.69, 9.17) is 9.47 Å². The van der Waals surface area contributed by atoms with Crippen LogP contribution in [0.4, 0.5) is 0 Å². The van der Waals surface area contributed by atoms with Crippen LogP contribution in [0.5, 0.6) is 0 Å². The molecule has 2 atom stereocenters. The summed E-state index contributed by atoms with van der Waals surface area (Å²) in [5, 5.41) is 0. The third-order valence-corrected chi connectivity index (χ3v) is 4.72. The first-order chi connectivity index (χ1) is 9.21. The second-order valence-corrected chi connectivity index (χ2v) is 6.04. The van der Waals surface area contributed by atoms with Crippen LogP contribution in [-0.4, -0.2) is 30.7 Å². The Morgan fingerprint density at radius 2 is 2.05 bits per heavy atom. The van der Waals surface area contributed by atoms with Gasteiger partial charge in [0.15, 0.2) is 5.78 Å². The van der Waals surface area contributed by atoms with Gasteiger partial charge in [0, 0.05) is 19.1 Å². The van der Waals surface area contributed by atoms with Crippen molar-refractivity contribution in [2.24, 2.45) is 5.92 Å². The van der Waals surface area contributed by atoms with Crippen molar-refractivity contribution < 1.29 is 14.3 Å². The Labute approximate surface area is 117 Å². The fourth-order valence-electron chi connectivity index (χ4n) is 3.68. The minimum atomic E-state index is -0.200. The van der Waals surface area contributed by atoms with Crippen molar-refractivity contribution in [1.29, 1.82) is 0 Å². The third-order valence-electron chi connectivity index (χ3n) is 4.72. The van der Waals surface area contributed by atoms with Crippen molar-refractivity contribution in [2.75, 3.05) is 13.2 Å². The first-order valence-electron chi connectivity index (χ1n) is 8.00. The summed E-state index contributed by atoms with van der Waals surface area (Å²) in [6, 6.07) is 0. The summed E-state index contributed by atoms with van der Waals surface area (Å²) in [4.78, 5) is 12.6. The molecule has 2 aliphatic rings. The van der Waals surface area contributed by atoms with Crippen LogP contribution in [-0.2, 0) is 14.3 Å². The predicted molar refractivity (Wildman–Crippen MR) is 75.2 cm³/mol. The molecule has 1 heterocycles. The Morgan fingerprint density at radius 1 is 1.32 bits per heavy atom. The average molecular weight is 268 g/mol. The molecule has 1 aliphatic heterocycles. The highest BCUT2D eigenvalue weighted by molar-refractivity contribution is 5.85. The van der Waals surface area contributed by atoms with Crippen LogP contribution in [0.15, 0.2) is 0 Å². The Morgan fingerprint density at radius 3 is 2.68 bits per heavy atom. The average Bonchev–Trinajstić information content (AvgIpc) is 2.45. The third kappa shape index (κ3) is 3.57. The number of hydrogen-bond donors (Lipinski definition) is 0. The summed E-state index contributed by atoms with van der Waals surface area (Å²) in [6.45, 7) is 5.37. The maximum Gasteiger partial charge on any atom is 0.164 e. The molecule has 1 saturated heterocycles. The van der Waals surface area contributed by atoms with Gasteiger partial charge in [0.05, 0.1) is 5.60 Å². The van der Waals surface area contributed by atoms with E-state index in [0.29, 0.717) is 12.4 Å². The zero-order valence-electron chi connectivity index (χ0n) is 12.5. The summed E-state index contributed by atoms with van der Waals surface area (Å²) in [6.07, 6.45) is 8.50. The molecule has 0 bridgehead atoms. The van der Waals surface area contributed by atoms with Crippen molar-refractivity contribution in [2.45, 2.75) is 76.9 Å². The number of rotatable bonds is 5. The first kappa shape index (κ1) is 15.0. The van der Waals surface area contributed by atoms with E-state index in [1.165, 1.54) is 19.3 Å². The van der Waals surface area contributed by atoms with Crippen molar-refractivity contribution in [3.63, 3.8) is 0 Å². The Hall–Kier alpha value is -0.410. The monoisotopic (exact) mass is 268 g/mol. The van der Waals surface area contributed by atoms with Gasteiger partial charge in [0.2, 0.25) is 0 Å². The van der Waals surface area contributed by atoms with Crippen LogP contribution in [0.3, 0.4) is 0 Å². The lowest BCUT2D eigenvalue weighted by Gasteiger charge is -2.43. The second-order valence-electron chi connectivity index (χ2n) is 6.04. The lowest BCUT2D eigenvalue weighted by atomic mass is 9.74. The van der Waals surface area contributed by atoms with Gasteiger partial charge in [-0.15, -0.1) is 0 Å². The number of ether oxygens (including phenoxy) is 2. The lowest BCUT2D eigenvalue weighted by Crippen LogP contribution is -2.45. The van der Waals surface area contributed by atoms with E-state index < -0.39 is 0 Å². The molecule has 3 heteroatoms. The van der Waals surface area contributed by atoms with Crippen LogP contribution >= 0.6 is 0 Å². The van der Waals surface area contributed by atoms with Gasteiger partial charge in [-0.05, 0) is 39.0 Å². The SMILES string of the molecule is CCOC(CC)C(=O)C1CCOC2(CCCCC2)C1. The molecule has 0 aromatic heterocycles. The zero-order chi connectivity index (χ0) is 13.7.